The average molecular weight is 375 g/mol. The highest BCUT2D eigenvalue weighted by Crippen LogP contribution is 2.22. The summed E-state index contributed by atoms with van der Waals surface area (Å²) < 4.78 is 11.7. The van der Waals surface area contributed by atoms with Crippen LogP contribution in [0.2, 0.25) is 0 Å². The largest absolute Gasteiger partial charge is 0.338 e. The average Bonchev–Trinajstić information content (AvgIpc) is 2.70. The first-order valence-electron chi connectivity index (χ1n) is 8.40. The van der Waals surface area contributed by atoms with Gasteiger partial charge < -0.3 is 5.32 Å². The molecule has 4 rings (SSSR count). The third kappa shape index (κ3) is 3.98. The van der Waals surface area contributed by atoms with Gasteiger partial charge in [0.05, 0.1) is 17.0 Å². The Labute approximate surface area is 159 Å². The zero-order valence-corrected chi connectivity index (χ0v) is 15.5. The Balaban J connectivity index is 1.58. The van der Waals surface area contributed by atoms with Gasteiger partial charge in [-0.1, -0.05) is 42.5 Å². The van der Waals surface area contributed by atoms with Gasteiger partial charge >= 0.3 is 0 Å². The van der Waals surface area contributed by atoms with Crippen LogP contribution in [-0.4, -0.2) is 30.4 Å². The van der Waals surface area contributed by atoms with Crippen molar-refractivity contribution in [3.63, 3.8) is 0 Å². The summed E-state index contributed by atoms with van der Waals surface area (Å²) in [6.07, 6.45) is 5.45. The summed E-state index contributed by atoms with van der Waals surface area (Å²) in [7, 11) is -1.27. The van der Waals surface area contributed by atoms with E-state index in [1.165, 1.54) is 17.5 Å². The lowest BCUT2D eigenvalue weighted by Crippen LogP contribution is -2.02. The van der Waals surface area contributed by atoms with Crippen LogP contribution < -0.4 is 5.32 Å². The molecule has 2 aromatic heterocycles. The fourth-order valence-corrected chi connectivity index (χ4v) is 3.16. The Morgan fingerprint density at radius 1 is 0.926 bits per heavy atom. The molecule has 1 N–H and O–H groups in total. The molecule has 27 heavy (non-hydrogen) atoms. The van der Waals surface area contributed by atoms with Crippen molar-refractivity contribution in [2.24, 2.45) is 0 Å². The van der Waals surface area contributed by atoms with Crippen molar-refractivity contribution in [1.29, 1.82) is 0 Å². The number of benzene rings is 2. The summed E-state index contributed by atoms with van der Waals surface area (Å²) in [5.41, 5.74) is 4.54. The molecule has 0 radical (unpaired) electrons. The molecule has 0 aliphatic rings. The molecule has 0 fully saturated rings. The first-order valence-corrected chi connectivity index (χ1v) is 9.96. The number of anilines is 2. The molecule has 0 saturated heterocycles. The lowest BCUT2D eigenvalue weighted by Gasteiger charge is -2.09. The van der Waals surface area contributed by atoms with Gasteiger partial charge in [0.1, 0.15) is 17.4 Å². The number of nitrogens with one attached hydrogen (secondary N) is 1. The van der Waals surface area contributed by atoms with Crippen LogP contribution >= 0.6 is 0 Å². The highest BCUT2D eigenvalue weighted by molar-refractivity contribution is 7.84. The van der Waals surface area contributed by atoms with Gasteiger partial charge in [0, 0.05) is 11.9 Å². The molecule has 134 valence electrons. The molecule has 0 saturated carbocycles. The van der Waals surface area contributed by atoms with E-state index in [9.17, 15) is 4.21 Å². The Kier molecular flexibility index (Phi) is 4.84. The Morgan fingerprint density at radius 3 is 2.41 bits per heavy atom. The second-order valence-electron chi connectivity index (χ2n) is 6.05. The van der Waals surface area contributed by atoms with Crippen molar-refractivity contribution in [3.05, 3.63) is 78.2 Å². The SMILES string of the molecule is CS(=O)c1ncc2ncnc(Nc3ccc(Cc4ccccc4)cc3)c2n1. The van der Waals surface area contributed by atoms with Crippen LogP contribution in [-0.2, 0) is 17.2 Å². The zero-order chi connectivity index (χ0) is 18.6. The first kappa shape index (κ1) is 17.2. The minimum Gasteiger partial charge on any atom is -0.338 e. The zero-order valence-electron chi connectivity index (χ0n) is 14.7. The van der Waals surface area contributed by atoms with E-state index in [1.807, 2.05) is 30.3 Å². The molecule has 1 atom stereocenters. The highest BCUT2D eigenvalue weighted by atomic mass is 32.2. The number of nitrogens with zero attached hydrogens (tertiary/aromatic N) is 4. The van der Waals surface area contributed by atoms with E-state index in [2.05, 4.69) is 49.5 Å². The molecular formula is C20H17N5OS. The molecule has 4 aromatic rings. The van der Waals surface area contributed by atoms with E-state index in [0.29, 0.717) is 16.9 Å². The van der Waals surface area contributed by atoms with Crippen LogP contribution in [0.15, 0.2) is 72.3 Å². The van der Waals surface area contributed by atoms with Crippen molar-refractivity contribution >= 4 is 33.3 Å². The van der Waals surface area contributed by atoms with Crippen LogP contribution in [0.4, 0.5) is 11.5 Å². The monoisotopic (exact) mass is 375 g/mol. The predicted molar refractivity (Wildman–Crippen MR) is 106 cm³/mol. The minimum absolute atomic E-state index is 0.263. The van der Waals surface area contributed by atoms with Gasteiger partial charge in [0.15, 0.2) is 5.82 Å². The van der Waals surface area contributed by atoms with Crippen LogP contribution in [0.25, 0.3) is 11.0 Å². The molecule has 2 heterocycles. The molecule has 7 heteroatoms. The molecule has 1 unspecified atom stereocenters. The van der Waals surface area contributed by atoms with Crippen molar-refractivity contribution in [2.45, 2.75) is 11.6 Å². The first-order chi connectivity index (χ1) is 13.2. The molecule has 0 amide bonds. The lowest BCUT2D eigenvalue weighted by atomic mass is 10.0. The van der Waals surface area contributed by atoms with Gasteiger partial charge in [0.25, 0.3) is 0 Å². The number of fused-ring (bicyclic) bond motifs is 1. The lowest BCUT2D eigenvalue weighted by molar-refractivity contribution is 0.680. The highest BCUT2D eigenvalue weighted by Gasteiger charge is 2.10. The van der Waals surface area contributed by atoms with E-state index < -0.39 is 10.8 Å². The van der Waals surface area contributed by atoms with E-state index in [4.69, 9.17) is 0 Å². The Morgan fingerprint density at radius 2 is 1.67 bits per heavy atom. The maximum Gasteiger partial charge on any atom is 0.218 e. The third-order valence-corrected chi connectivity index (χ3v) is 4.79. The van der Waals surface area contributed by atoms with Crippen LogP contribution in [0.1, 0.15) is 11.1 Å². The number of hydrogen-bond acceptors (Lipinski definition) is 6. The van der Waals surface area contributed by atoms with Crippen molar-refractivity contribution in [2.75, 3.05) is 11.6 Å². The smallest absolute Gasteiger partial charge is 0.218 e. The number of aromatic nitrogens is 4. The summed E-state index contributed by atoms with van der Waals surface area (Å²) in [6.45, 7) is 0. The van der Waals surface area contributed by atoms with E-state index in [0.717, 1.165) is 12.1 Å². The maximum atomic E-state index is 11.7. The normalized spacial score (nSPS) is 12.0. The fourth-order valence-electron chi connectivity index (χ4n) is 2.74. The second kappa shape index (κ2) is 7.59. The maximum absolute atomic E-state index is 11.7. The van der Waals surface area contributed by atoms with Crippen molar-refractivity contribution in [1.82, 2.24) is 19.9 Å². The quantitative estimate of drug-likeness (QED) is 0.538. The van der Waals surface area contributed by atoms with E-state index >= 15 is 0 Å². The molecule has 0 bridgehead atoms. The predicted octanol–water partition coefficient (Wildman–Crippen LogP) is 3.49. The van der Waals surface area contributed by atoms with Gasteiger partial charge in [-0.3, -0.25) is 4.21 Å². The standard InChI is InChI=1S/C20H17N5OS/c1-27(26)20-21-12-17-18(25-20)19(23-13-22-17)24-16-9-7-15(8-10-16)11-14-5-3-2-4-6-14/h2-10,12-13H,11H2,1H3,(H,22,23,24). The topological polar surface area (TPSA) is 80.7 Å². The third-order valence-electron chi connectivity index (χ3n) is 4.08. The van der Waals surface area contributed by atoms with Gasteiger partial charge in [-0.15, -0.1) is 0 Å². The summed E-state index contributed by atoms with van der Waals surface area (Å²) in [4.78, 5) is 16.9. The van der Waals surface area contributed by atoms with Crippen LogP contribution in [0.5, 0.6) is 0 Å². The van der Waals surface area contributed by atoms with Crippen LogP contribution in [0, 0.1) is 0 Å². The molecule has 6 nitrogen and oxygen atoms in total. The van der Waals surface area contributed by atoms with Crippen molar-refractivity contribution in [3.8, 4) is 0 Å². The second-order valence-corrected chi connectivity index (χ2v) is 7.32. The van der Waals surface area contributed by atoms with E-state index in [-0.39, 0.29) is 5.16 Å². The number of rotatable bonds is 5. The fraction of sp³-hybridized carbons (Fsp3) is 0.100. The summed E-state index contributed by atoms with van der Waals surface area (Å²) >= 11 is 0. The molecule has 2 aromatic carbocycles. The van der Waals surface area contributed by atoms with Crippen molar-refractivity contribution < 1.29 is 4.21 Å². The summed E-state index contributed by atoms with van der Waals surface area (Å²) in [5, 5.41) is 3.53. The molecule has 0 aliphatic heterocycles. The van der Waals surface area contributed by atoms with Crippen LogP contribution in [0.3, 0.4) is 0 Å². The number of hydrogen-bond donors (Lipinski definition) is 1. The Hall–Kier alpha value is -3.19. The summed E-state index contributed by atoms with van der Waals surface area (Å²) in [6, 6.07) is 18.5. The van der Waals surface area contributed by atoms with Gasteiger partial charge in [-0.2, -0.15) is 0 Å². The Bertz CT molecular complexity index is 1100. The minimum atomic E-state index is -1.27. The van der Waals surface area contributed by atoms with Gasteiger partial charge in [-0.05, 0) is 29.7 Å². The summed E-state index contributed by atoms with van der Waals surface area (Å²) in [5.74, 6) is 0.560. The molecular weight excluding hydrogens is 358 g/mol. The van der Waals surface area contributed by atoms with E-state index in [1.54, 1.807) is 12.5 Å². The van der Waals surface area contributed by atoms with Gasteiger partial charge in [-0.25, -0.2) is 19.9 Å². The molecule has 0 spiro atoms. The van der Waals surface area contributed by atoms with Gasteiger partial charge in [0.2, 0.25) is 5.16 Å². The molecule has 0 aliphatic carbocycles.